The van der Waals surface area contributed by atoms with Gasteiger partial charge in [-0.05, 0) is 48.5 Å². The third kappa shape index (κ3) is 4.76. The molecule has 27 heavy (non-hydrogen) atoms. The van der Waals surface area contributed by atoms with Gasteiger partial charge in [0.05, 0.1) is 0 Å². The zero-order valence-electron chi connectivity index (χ0n) is 14.3. The molecule has 0 heterocycles. The first-order valence-corrected chi connectivity index (χ1v) is 8.10. The van der Waals surface area contributed by atoms with E-state index in [9.17, 15) is 4.79 Å². The van der Waals surface area contributed by atoms with E-state index in [2.05, 4.69) is 15.7 Å². The summed E-state index contributed by atoms with van der Waals surface area (Å²) in [7, 11) is 0. The number of amidine groups is 1. The molecule has 3 aromatic carbocycles. The zero-order chi connectivity index (χ0) is 19.1. The number of nitrogens with two attached hydrogens (primary N) is 1. The maximum Gasteiger partial charge on any atom is 0.255 e. The summed E-state index contributed by atoms with van der Waals surface area (Å²) in [6.07, 6.45) is 0. The molecule has 0 saturated heterocycles. The van der Waals surface area contributed by atoms with Crippen molar-refractivity contribution in [1.82, 2.24) is 0 Å². The van der Waals surface area contributed by atoms with E-state index in [1.807, 2.05) is 30.3 Å². The fourth-order valence-corrected chi connectivity index (χ4v) is 2.33. The number of benzene rings is 3. The van der Waals surface area contributed by atoms with Crippen molar-refractivity contribution in [2.45, 2.75) is 0 Å². The second-order valence-corrected chi connectivity index (χ2v) is 5.54. The summed E-state index contributed by atoms with van der Waals surface area (Å²) in [6, 6.07) is 23.0. The third-order valence-corrected chi connectivity index (χ3v) is 3.67. The van der Waals surface area contributed by atoms with Gasteiger partial charge in [0.1, 0.15) is 11.5 Å². The molecule has 0 aromatic heterocycles. The highest BCUT2D eigenvalue weighted by Crippen LogP contribution is 2.22. The van der Waals surface area contributed by atoms with Crippen LogP contribution in [0.5, 0.6) is 11.5 Å². The number of para-hydroxylation sites is 1. The lowest BCUT2D eigenvalue weighted by Crippen LogP contribution is -2.12. The Labute approximate surface area is 156 Å². The summed E-state index contributed by atoms with van der Waals surface area (Å²) in [6.45, 7) is 0. The van der Waals surface area contributed by atoms with Gasteiger partial charge in [0.15, 0.2) is 5.84 Å². The number of hydrogen-bond donors (Lipinski definition) is 3. The molecule has 7 heteroatoms. The highest BCUT2D eigenvalue weighted by molar-refractivity contribution is 6.05. The van der Waals surface area contributed by atoms with E-state index in [0.29, 0.717) is 22.6 Å². The van der Waals surface area contributed by atoms with E-state index in [1.165, 1.54) is 0 Å². The first-order chi connectivity index (χ1) is 13.2. The monoisotopic (exact) mass is 359 g/mol. The number of carbonyl (C=O) groups excluding carboxylic acids is 1. The summed E-state index contributed by atoms with van der Waals surface area (Å²) >= 11 is 0. The molecule has 3 aromatic rings. The van der Waals surface area contributed by atoms with Gasteiger partial charge < -0.3 is 15.9 Å². The Morgan fingerprint density at radius 3 is 2.07 bits per heavy atom. The topological polar surface area (TPSA) is 113 Å². The number of rotatable bonds is 5. The van der Waals surface area contributed by atoms with E-state index in [0.717, 1.165) is 5.75 Å². The quantitative estimate of drug-likeness (QED) is 0.206. The normalized spacial score (nSPS) is 10.5. The van der Waals surface area contributed by atoms with Crippen molar-refractivity contribution < 1.29 is 9.53 Å². The van der Waals surface area contributed by atoms with Crippen LogP contribution in [0.3, 0.4) is 0 Å². The summed E-state index contributed by atoms with van der Waals surface area (Å²) in [4.78, 5) is 12.3. The smallest absolute Gasteiger partial charge is 0.255 e. The van der Waals surface area contributed by atoms with Crippen LogP contribution < -0.4 is 15.9 Å². The van der Waals surface area contributed by atoms with Crippen LogP contribution in [0.4, 0.5) is 5.69 Å². The minimum absolute atomic E-state index is 0.0709. The van der Waals surface area contributed by atoms with Crippen LogP contribution >= 0.6 is 0 Å². The lowest BCUT2D eigenvalue weighted by Gasteiger charge is -2.08. The molecule has 0 unspecified atom stereocenters. The van der Waals surface area contributed by atoms with Crippen molar-refractivity contribution in [3.8, 4) is 11.5 Å². The Balaban J connectivity index is 1.63. The van der Waals surface area contributed by atoms with Crippen molar-refractivity contribution >= 4 is 17.4 Å². The van der Waals surface area contributed by atoms with Crippen LogP contribution in [0.1, 0.15) is 15.9 Å². The number of hydrogen-bond acceptors (Lipinski definition) is 4. The minimum atomic E-state index is -0.259. The van der Waals surface area contributed by atoms with Gasteiger partial charge in [-0.2, -0.15) is 0 Å². The SMILES string of the molecule is N=C(N=NN)c1ccc(C(=O)Nc2ccc(Oc3ccccc3)cc2)cc1. The van der Waals surface area contributed by atoms with Gasteiger partial charge in [-0.15, -0.1) is 5.11 Å². The lowest BCUT2D eigenvalue weighted by atomic mass is 10.1. The van der Waals surface area contributed by atoms with Gasteiger partial charge in [-0.1, -0.05) is 35.6 Å². The van der Waals surface area contributed by atoms with Gasteiger partial charge in [-0.3, -0.25) is 10.2 Å². The first-order valence-electron chi connectivity index (χ1n) is 8.10. The van der Waals surface area contributed by atoms with Crippen molar-refractivity contribution in [1.29, 1.82) is 5.41 Å². The zero-order valence-corrected chi connectivity index (χ0v) is 14.3. The Bertz CT molecular complexity index is 952. The molecule has 0 bridgehead atoms. The molecule has 0 radical (unpaired) electrons. The van der Waals surface area contributed by atoms with Gasteiger partial charge in [0.25, 0.3) is 5.91 Å². The van der Waals surface area contributed by atoms with Crippen LogP contribution in [0.2, 0.25) is 0 Å². The average Bonchev–Trinajstić information content (AvgIpc) is 2.70. The molecule has 3 rings (SSSR count). The van der Waals surface area contributed by atoms with Crippen molar-refractivity contribution in [3.05, 3.63) is 90.0 Å². The van der Waals surface area contributed by atoms with Crippen molar-refractivity contribution in [3.63, 3.8) is 0 Å². The van der Waals surface area contributed by atoms with Gasteiger partial charge >= 0.3 is 0 Å². The summed E-state index contributed by atoms with van der Waals surface area (Å²) < 4.78 is 5.72. The number of amides is 1. The van der Waals surface area contributed by atoms with E-state index in [4.69, 9.17) is 16.0 Å². The number of anilines is 1. The van der Waals surface area contributed by atoms with Gasteiger partial charge in [0.2, 0.25) is 0 Å². The van der Waals surface area contributed by atoms with Gasteiger partial charge in [-0.25, -0.2) is 0 Å². The van der Waals surface area contributed by atoms with Crippen LogP contribution in [-0.4, -0.2) is 11.7 Å². The molecule has 0 spiro atoms. The fourth-order valence-electron chi connectivity index (χ4n) is 2.33. The first kappa shape index (κ1) is 17.8. The Morgan fingerprint density at radius 2 is 1.44 bits per heavy atom. The molecule has 134 valence electrons. The highest BCUT2D eigenvalue weighted by Gasteiger charge is 2.08. The molecular weight excluding hydrogens is 342 g/mol. The summed E-state index contributed by atoms with van der Waals surface area (Å²) in [5.41, 5.74) is 1.62. The average molecular weight is 359 g/mol. The molecule has 0 aliphatic carbocycles. The van der Waals surface area contributed by atoms with Crippen LogP contribution in [-0.2, 0) is 0 Å². The van der Waals surface area contributed by atoms with Crippen LogP contribution in [0.15, 0.2) is 89.2 Å². The summed E-state index contributed by atoms with van der Waals surface area (Å²) in [5.74, 6) is 6.02. The van der Waals surface area contributed by atoms with Crippen LogP contribution in [0.25, 0.3) is 0 Å². The van der Waals surface area contributed by atoms with E-state index in [-0.39, 0.29) is 11.7 Å². The Hall–Kier alpha value is -4.00. The predicted octanol–water partition coefficient (Wildman–Crippen LogP) is 4.38. The summed E-state index contributed by atoms with van der Waals surface area (Å²) in [5, 5.41) is 17.0. The maximum absolute atomic E-state index is 12.3. The molecule has 0 fully saturated rings. The number of nitrogens with one attached hydrogen (secondary N) is 2. The standard InChI is InChI=1S/C20H17N5O2/c21-19(24-25-22)14-6-8-15(9-7-14)20(26)23-16-10-12-18(13-11-16)27-17-4-2-1-3-5-17/h1-13H,(H,23,26)(H3,21,22,24). The Kier molecular flexibility index (Phi) is 5.54. The van der Waals surface area contributed by atoms with E-state index in [1.54, 1.807) is 48.5 Å². The molecular formula is C20H17N5O2. The Morgan fingerprint density at radius 1 is 0.852 bits per heavy atom. The molecule has 4 N–H and O–H groups in total. The maximum atomic E-state index is 12.3. The third-order valence-electron chi connectivity index (χ3n) is 3.67. The number of carbonyl (C=O) groups is 1. The lowest BCUT2D eigenvalue weighted by molar-refractivity contribution is 0.102. The largest absolute Gasteiger partial charge is 0.457 e. The molecule has 0 atom stereocenters. The second-order valence-electron chi connectivity index (χ2n) is 5.54. The van der Waals surface area contributed by atoms with Crippen LogP contribution in [0, 0.1) is 5.41 Å². The number of nitrogens with zero attached hydrogens (tertiary/aromatic N) is 2. The second kappa shape index (κ2) is 8.39. The molecule has 7 nitrogen and oxygen atoms in total. The van der Waals surface area contributed by atoms with Gasteiger partial charge in [0, 0.05) is 16.8 Å². The van der Waals surface area contributed by atoms with E-state index >= 15 is 0 Å². The van der Waals surface area contributed by atoms with E-state index < -0.39 is 0 Å². The minimum Gasteiger partial charge on any atom is -0.457 e. The molecule has 0 saturated carbocycles. The van der Waals surface area contributed by atoms with Crippen molar-refractivity contribution in [2.75, 3.05) is 5.32 Å². The predicted molar refractivity (Wildman–Crippen MR) is 103 cm³/mol. The number of ether oxygens (including phenoxy) is 1. The molecule has 1 amide bonds. The van der Waals surface area contributed by atoms with Crippen molar-refractivity contribution in [2.24, 2.45) is 16.2 Å². The molecule has 0 aliphatic rings. The fraction of sp³-hybridized carbons (Fsp3) is 0. The highest BCUT2D eigenvalue weighted by atomic mass is 16.5. The molecule has 0 aliphatic heterocycles.